The molecule has 1 N–H and O–H groups in total. The molecule has 5 nitrogen and oxygen atoms in total. The van der Waals surface area contributed by atoms with Crippen molar-refractivity contribution in [2.24, 2.45) is 0 Å². The number of hydrogen-bond acceptors (Lipinski definition) is 3. The Bertz CT molecular complexity index is 262. The lowest BCUT2D eigenvalue weighted by molar-refractivity contribution is -0.139. The lowest BCUT2D eigenvalue weighted by Crippen LogP contribution is -2.46. The summed E-state index contributed by atoms with van der Waals surface area (Å²) in [4.78, 5) is 26.8. The molecular formula is C11H21N3O2. The van der Waals surface area contributed by atoms with E-state index < -0.39 is 0 Å². The highest BCUT2D eigenvalue weighted by atomic mass is 16.2. The van der Waals surface area contributed by atoms with Crippen molar-refractivity contribution in [2.45, 2.75) is 25.8 Å². The molecule has 0 spiro atoms. The van der Waals surface area contributed by atoms with Crippen LogP contribution in [0.25, 0.3) is 0 Å². The topological polar surface area (TPSA) is 52.7 Å². The van der Waals surface area contributed by atoms with Gasteiger partial charge in [0.1, 0.15) is 0 Å². The number of hydrogen-bond donors (Lipinski definition) is 1. The third kappa shape index (κ3) is 3.20. The number of amides is 2. The van der Waals surface area contributed by atoms with Crippen molar-refractivity contribution in [2.75, 3.05) is 33.7 Å². The third-order valence-corrected chi connectivity index (χ3v) is 3.01. The van der Waals surface area contributed by atoms with Crippen molar-refractivity contribution in [3.8, 4) is 0 Å². The lowest BCUT2D eigenvalue weighted by Gasteiger charge is -2.23. The molecule has 5 heteroatoms. The van der Waals surface area contributed by atoms with Gasteiger partial charge in [-0.15, -0.1) is 0 Å². The van der Waals surface area contributed by atoms with E-state index in [2.05, 4.69) is 5.32 Å². The van der Waals surface area contributed by atoms with Crippen molar-refractivity contribution in [3.05, 3.63) is 0 Å². The number of carbonyl (C=O) groups excluding carboxylic acids is 2. The molecule has 1 heterocycles. The minimum atomic E-state index is -0.239. The van der Waals surface area contributed by atoms with Crippen molar-refractivity contribution < 1.29 is 9.59 Å². The van der Waals surface area contributed by atoms with Gasteiger partial charge < -0.3 is 15.1 Å². The molecule has 16 heavy (non-hydrogen) atoms. The van der Waals surface area contributed by atoms with Gasteiger partial charge in [0.05, 0.1) is 12.6 Å². The van der Waals surface area contributed by atoms with E-state index in [4.69, 9.17) is 0 Å². The zero-order chi connectivity index (χ0) is 12.1. The van der Waals surface area contributed by atoms with Gasteiger partial charge in [0.2, 0.25) is 11.8 Å². The maximum atomic E-state index is 11.8. The summed E-state index contributed by atoms with van der Waals surface area (Å²) in [6.45, 7) is 3.65. The van der Waals surface area contributed by atoms with Crippen LogP contribution < -0.4 is 5.32 Å². The number of likely N-dealkylation sites (tertiary alicyclic amines) is 1. The highest BCUT2D eigenvalue weighted by Gasteiger charge is 2.22. The first-order valence-corrected chi connectivity index (χ1v) is 5.76. The second-order valence-corrected chi connectivity index (χ2v) is 4.29. The maximum Gasteiger partial charge on any atom is 0.242 e. The average molecular weight is 227 g/mol. The van der Waals surface area contributed by atoms with E-state index in [0.29, 0.717) is 0 Å². The second-order valence-electron chi connectivity index (χ2n) is 4.29. The molecule has 1 aliphatic rings. The largest absolute Gasteiger partial charge is 0.341 e. The molecule has 0 bridgehead atoms. The minimum Gasteiger partial charge on any atom is -0.341 e. The summed E-state index contributed by atoms with van der Waals surface area (Å²) in [5.41, 5.74) is 0. The van der Waals surface area contributed by atoms with Crippen molar-refractivity contribution in [1.82, 2.24) is 15.1 Å². The van der Waals surface area contributed by atoms with Crippen LogP contribution in [0.1, 0.15) is 19.8 Å². The van der Waals surface area contributed by atoms with Gasteiger partial charge in [-0.25, -0.2) is 0 Å². The second kappa shape index (κ2) is 5.84. The molecule has 0 saturated carbocycles. The number of nitrogens with zero attached hydrogens (tertiary/aromatic N) is 2. The molecular weight excluding hydrogens is 206 g/mol. The van der Waals surface area contributed by atoms with E-state index in [1.165, 1.54) is 4.90 Å². The van der Waals surface area contributed by atoms with Crippen LogP contribution in [0.15, 0.2) is 0 Å². The van der Waals surface area contributed by atoms with E-state index in [1.54, 1.807) is 21.0 Å². The van der Waals surface area contributed by atoms with Crippen LogP contribution in [-0.4, -0.2) is 61.4 Å². The van der Waals surface area contributed by atoms with Gasteiger partial charge in [0.15, 0.2) is 0 Å². The molecule has 1 rings (SSSR count). The van der Waals surface area contributed by atoms with Gasteiger partial charge in [0.25, 0.3) is 0 Å². The molecule has 2 amide bonds. The van der Waals surface area contributed by atoms with Crippen LogP contribution in [0.5, 0.6) is 0 Å². The Kier molecular flexibility index (Phi) is 4.73. The highest BCUT2D eigenvalue weighted by molar-refractivity contribution is 5.87. The average Bonchev–Trinajstić information content (AvgIpc) is 2.80. The molecule has 1 unspecified atom stereocenters. The molecule has 0 aliphatic carbocycles. The normalized spacial score (nSPS) is 17.3. The van der Waals surface area contributed by atoms with Crippen molar-refractivity contribution in [3.63, 3.8) is 0 Å². The summed E-state index contributed by atoms with van der Waals surface area (Å²) >= 11 is 0. The summed E-state index contributed by atoms with van der Waals surface area (Å²) in [6, 6.07) is -0.239. The van der Waals surface area contributed by atoms with E-state index in [-0.39, 0.29) is 24.4 Å². The Morgan fingerprint density at radius 1 is 1.38 bits per heavy atom. The summed E-state index contributed by atoms with van der Waals surface area (Å²) in [7, 11) is 3.41. The van der Waals surface area contributed by atoms with E-state index >= 15 is 0 Å². The monoisotopic (exact) mass is 227 g/mol. The molecule has 92 valence electrons. The quantitative estimate of drug-likeness (QED) is 0.716. The van der Waals surface area contributed by atoms with E-state index in [9.17, 15) is 9.59 Å². The van der Waals surface area contributed by atoms with Crippen molar-refractivity contribution in [1.29, 1.82) is 0 Å². The number of likely N-dealkylation sites (N-methyl/N-ethyl adjacent to an activating group) is 2. The van der Waals surface area contributed by atoms with Gasteiger partial charge in [-0.3, -0.25) is 9.59 Å². The van der Waals surface area contributed by atoms with Gasteiger partial charge in [-0.05, 0) is 26.8 Å². The van der Waals surface area contributed by atoms with E-state index in [1.807, 2.05) is 4.90 Å². The summed E-state index contributed by atoms with van der Waals surface area (Å²) in [5, 5.41) is 2.87. The number of nitrogens with one attached hydrogen (secondary N) is 1. The SMILES string of the molecule is CNC(C)C(=O)N(C)CC(=O)N1CCCC1. The Balaban J connectivity index is 2.40. The number of carbonyl (C=O) groups is 2. The van der Waals surface area contributed by atoms with Crippen LogP contribution in [0.2, 0.25) is 0 Å². The zero-order valence-electron chi connectivity index (χ0n) is 10.3. The predicted octanol–water partition coefficient (Wildman–Crippen LogP) is -0.325. The molecule has 1 atom stereocenters. The van der Waals surface area contributed by atoms with Gasteiger partial charge >= 0.3 is 0 Å². The lowest BCUT2D eigenvalue weighted by atomic mass is 10.3. The van der Waals surface area contributed by atoms with Crippen molar-refractivity contribution >= 4 is 11.8 Å². The molecule has 0 aromatic rings. The Morgan fingerprint density at radius 2 is 1.94 bits per heavy atom. The predicted molar refractivity (Wildman–Crippen MR) is 62.0 cm³/mol. The fraction of sp³-hybridized carbons (Fsp3) is 0.818. The molecule has 0 radical (unpaired) electrons. The first kappa shape index (κ1) is 13.0. The fourth-order valence-electron chi connectivity index (χ4n) is 1.80. The van der Waals surface area contributed by atoms with Crippen LogP contribution in [0.4, 0.5) is 0 Å². The standard InChI is InChI=1S/C11H21N3O2/c1-9(12-2)11(16)13(3)8-10(15)14-6-4-5-7-14/h9,12H,4-8H2,1-3H3. The maximum absolute atomic E-state index is 11.8. The molecule has 1 fully saturated rings. The number of rotatable bonds is 4. The summed E-state index contributed by atoms with van der Waals surface area (Å²) in [5.74, 6) is 0.00620. The van der Waals surface area contributed by atoms with Gasteiger partial charge in [-0.1, -0.05) is 0 Å². The third-order valence-electron chi connectivity index (χ3n) is 3.01. The smallest absolute Gasteiger partial charge is 0.242 e. The van der Waals surface area contributed by atoms with Crippen LogP contribution >= 0.6 is 0 Å². The summed E-state index contributed by atoms with van der Waals surface area (Å²) in [6.07, 6.45) is 2.16. The Labute approximate surface area is 96.8 Å². The van der Waals surface area contributed by atoms with Gasteiger partial charge in [-0.2, -0.15) is 0 Å². The summed E-state index contributed by atoms with van der Waals surface area (Å²) < 4.78 is 0. The first-order valence-electron chi connectivity index (χ1n) is 5.76. The molecule has 1 saturated heterocycles. The van der Waals surface area contributed by atoms with Crippen LogP contribution in [0, 0.1) is 0 Å². The Hall–Kier alpha value is -1.10. The van der Waals surface area contributed by atoms with E-state index in [0.717, 1.165) is 25.9 Å². The molecule has 1 aliphatic heterocycles. The van der Waals surface area contributed by atoms with Gasteiger partial charge in [0, 0.05) is 20.1 Å². The fourth-order valence-corrected chi connectivity index (χ4v) is 1.80. The molecule has 0 aromatic carbocycles. The minimum absolute atomic E-state index is 0.0463. The highest BCUT2D eigenvalue weighted by Crippen LogP contribution is 2.07. The first-order chi connectivity index (χ1) is 7.56. The zero-order valence-corrected chi connectivity index (χ0v) is 10.3. The van der Waals surface area contributed by atoms with Crippen LogP contribution in [0.3, 0.4) is 0 Å². The Morgan fingerprint density at radius 3 is 2.44 bits per heavy atom. The molecule has 0 aromatic heterocycles. The van der Waals surface area contributed by atoms with Crippen LogP contribution in [-0.2, 0) is 9.59 Å².